The normalized spacial score (nSPS) is 10.9. The molecule has 0 aliphatic rings. The fourth-order valence-electron chi connectivity index (χ4n) is 2.50. The molecule has 2 aromatic heterocycles. The molecule has 0 unspecified atom stereocenters. The number of aromatic amines is 1. The van der Waals surface area contributed by atoms with Crippen LogP contribution in [0.2, 0.25) is 0 Å². The summed E-state index contributed by atoms with van der Waals surface area (Å²) in [5, 5.41) is 21.7. The zero-order valence-electron chi connectivity index (χ0n) is 13.0. The number of nitrogens with one attached hydrogen (secondary N) is 2. The Morgan fingerprint density at radius 2 is 2.00 bits per heavy atom. The number of hydrogen-bond acceptors (Lipinski definition) is 6. The van der Waals surface area contributed by atoms with E-state index < -0.39 is 4.92 Å². The molecule has 0 aliphatic heterocycles. The van der Waals surface area contributed by atoms with Gasteiger partial charge in [-0.25, -0.2) is 4.98 Å². The lowest BCUT2D eigenvalue weighted by molar-refractivity contribution is -0.384. The van der Waals surface area contributed by atoms with E-state index in [1.807, 2.05) is 30.3 Å². The minimum Gasteiger partial charge on any atom is -0.357 e. The molecule has 0 atom stereocenters. The molecule has 124 valence electrons. The van der Waals surface area contributed by atoms with Gasteiger partial charge in [0.05, 0.1) is 20.8 Å². The van der Waals surface area contributed by atoms with Crippen LogP contribution in [0.4, 0.5) is 10.8 Å². The number of hydrogen-bond donors (Lipinski definition) is 2. The molecule has 4 aromatic rings. The summed E-state index contributed by atoms with van der Waals surface area (Å²) < 4.78 is 0.797. The number of nitro benzene ring substituents is 1. The van der Waals surface area contributed by atoms with E-state index in [1.54, 1.807) is 18.3 Å². The zero-order valence-corrected chi connectivity index (χ0v) is 13.8. The van der Waals surface area contributed by atoms with E-state index >= 15 is 0 Å². The Balaban J connectivity index is 1.47. The third kappa shape index (κ3) is 3.20. The van der Waals surface area contributed by atoms with Crippen molar-refractivity contribution in [3.05, 3.63) is 70.4 Å². The SMILES string of the molecule is O=[N+]([O-])c1ccc2nc(NCc3ccc(-c4ccn[nH]4)cc3)sc2c1. The molecular formula is C17H13N5O2S. The van der Waals surface area contributed by atoms with Crippen LogP contribution in [0.25, 0.3) is 21.5 Å². The standard InChI is InChI=1S/C17H13N5O2S/c23-22(24)13-5-6-15-16(9-13)25-17(20-15)18-10-11-1-3-12(4-2-11)14-7-8-19-21-14/h1-9H,10H2,(H,18,20)(H,19,21). The van der Waals surface area contributed by atoms with Gasteiger partial charge in [0.2, 0.25) is 0 Å². The highest BCUT2D eigenvalue weighted by molar-refractivity contribution is 7.22. The average Bonchev–Trinajstić information content (AvgIpc) is 3.29. The van der Waals surface area contributed by atoms with Crippen LogP contribution >= 0.6 is 11.3 Å². The molecule has 0 amide bonds. The van der Waals surface area contributed by atoms with Crippen LogP contribution in [0.5, 0.6) is 0 Å². The molecular weight excluding hydrogens is 338 g/mol. The molecule has 7 nitrogen and oxygen atoms in total. The van der Waals surface area contributed by atoms with E-state index in [2.05, 4.69) is 20.5 Å². The molecule has 0 fully saturated rings. The zero-order chi connectivity index (χ0) is 17.2. The predicted octanol–water partition coefficient (Wildman–Crippen LogP) is 4.21. The second-order valence-corrected chi connectivity index (χ2v) is 6.48. The van der Waals surface area contributed by atoms with Gasteiger partial charge in [-0.05, 0) is 23.3 Å². The molecule has 0 saturated carbocycles. The van der Waals surface area contributed by atoms with Gasteiger partial charge in [0.1, 0.15) is 0 Å². The molecule has 0 radical (unpaired) electrons. The average molecular weight is 351 g/mol. The summed E-state index contributed by atoms with van der Waals surface area (Å²) in [5.41, 5.74) is 4.01. The summed E-state index contributed by atoms with van der Waals surface area (Å²) in [7, 11) is 0. The van der Waals surface area contributed by atoms with Crippen molar-refractivity contribution in [1.29, 1.82) is 0 Å². The van der Waals surface area contributed by atoms with Crippen LogP contribution in [-0.4, -0.2) is 20.1 Å². The van der Waals surface area contributed by atoms with Crippen molar-refractivity contribution in [2.24, 2.45) is 0 Å². The number of non-ortho nitro benzene ring substituents is 1. The van der Waals surface area contributed by atoms with E-state index in [0.29, 0.717) is 6.54 Å². The fraction of sp³-hybridized carbons (Fsp3) is 0.0588. The van der Waals surface area contributed by atoms with Gasteiger partial charge in [-0.1, -0.05) is 35.6 Å². The summed E-state index contributed by atoms with van der Waals surface area (Å²) in [5.74, 6) is 0. The second kappa shape index (κ2) is 6.33. The number of thiazole rings is 1. The van der Waals surface area contributed by atoms with E-state index in [9.17, 15) is 10.1 Å². The molecule has 25 heavy (non-hydrogen) atoms. The molecule has 0 bridgehead atoms. The molecule has 0 aliphatic carbocycles. The lowest BCUT2D eigenvalue weighted by atomic mass is 10.1. The van der Waals surface area contributed by atoms with Crippen molar-refractivity contribution in [3.8, 4) is 11.3 Å². The monoisotopic (exact) mass is 351 g/mol. The lowest BCUT2D eigenvalue weighted by Crippen LogP contribution is -1.98. The number of anilines is 1. The first-order valence-corrected chi connectivity index (χ1v) is 8.38. The summed E-state index contributed by atoms with van der Waals surface area (Å²) in [4.78, 5) is 14.9. The number of aromatic nitrogens is 3. The highest BCUT2D eigenvalue weighted by Crippen LogP contribution is 2.29. The Morgan fingerprint density at radius 1 is 1.16 bits per heavy atom. The maximum atomic E-state index is 10.8. The van der Waals surface area contributed by atoms with E-state index in [1.165, 1.54) is 17.4 Å². The largest absolute Gasteiger partial charge is 0.357 e. The van der Waals surface area contributed by atoms with Crippen molar-refractivity contribution < 1.29 is 4.92 Å². The lowest BCUT2D eigenvalue weighted by Gasteiger charge is -2.04. The molecule has 2 heterocycles. The summed E-state index contributed by atoms with van der Waals surface area (Å²) in [6, 6.07) is 14.8. The van der Waals surface area contributed by atoms with E-state index in [0.717, 1.165) is 32.2 Å². The summed E-state index contributed by atoms with van der Waals surface area (Å²) >= 11 is 1.41. The first-order valence-electron chi connectivity index (χ1n) is 7.56. The van der Waals surface area contributed by atoms with Crippen molar-refractivity contribution in [2.75, 3.05) is 5.32 Å². The van der Waals surface area contributed by atoms with E-state index in [-0.39, 0.29) is 5.69 Å². The van der Waals surface area contributed by atoms with Gasteiger partial charge in [-0.15, -0.1) is 0 Å². The van der Waals surface area contributed by atoms with Crippen LogP contribution in [0.15, 0.2) is 54.7 Å². The first-order chi connectivity index (χ1) is 12.2. The third-order valence-corrected chi connectivity index (χ3v) is 4.77. The summed E-state index contributed by atoms with van der Waals surface area (Å²) in [6.07, 6.45) is 1.72. The van der Waals surface area contributed by atoms with Gasteiger partial charge in [-0.2, -0.15) is 5.10 Å². The number of H-pyrrole nitrogens is 1. The molecule has 4 rings (SSSR count). The number of nitrogens with zero attached hydrogens (tertiary/aromatic N) is 3. The van der Waals surface area contributed by atoms with Gasteiger partial charge in [0, 0.05) is 24.9 Å². The highest BCUT2D eigenvalue weighted by atomic mass is 32.1. The molecule has 2 N–H and O–H groups in total. The molecule has 0 spiro atoms. The highest BCUT2D eigenvalue weighted by Gasteiger charge is 2.10. The minimum atomic E-state index is -0.395. The number of benzene rings is 2. The van der Waals surface area contributed by atoms with Gasteiger partial charge in [0.25, 0.3) is 5.69 Å². The Bertz CT molecular complexity index is 1030. The van der Waals surface area contributed by atoms with Gasteiger partial charge in [-0.3, -0.25) is 15.2 Å². The third-order valence-electron chi connectivity index (χ3n) is 3.79. The van der Waals surface area contributed by atoms with Gasteiger partial charge < -0.3 is 5.32 Å². The van der Waals surface area contributed by atoms with Gasteiger partial charge in [0.15, 0.2) is 5.13 Å². The Labute approximate surface area is 146 Å². The molecule has 2 aromatic carbocycles. The maximum absolute atomic E-state index is 10.8. The van der Waals surface area contributed by atoms with Crippen LogP contribution in [0, 0.1) is 10.1 Å². The Kier molecular flexibility index (Phi) is 3.87. The predicted molar refractivity (Wildman–Crippen MR) is 97.6 cm³/mol. The van der Waals surface area contributed by atoms with Crippen LogP contribution in [0.1, 0.15) is 5.56 Å². The van der Waals surface area contributed by atoms with Crippen molar-refractivity contribution in [2.45, 2.75) is 6.54 Å². The van der Waals surface area contributed by atoms with E-state index in [4.69, 9.17) is 0 Å². The molecule has 0 saturated heterocycles. The van der Waals surface area contributed by atoms with Crippen LogP contribution < -0.4 is 5.32 Å². The van der Waals surface area contributed by atoms with Crippen molar-refractivity contribution in [1.82, 2.24) is 15.2 Å². The Morgan fingerprint density at radius 3 is 2.72 bits per heavy atom. The topological polar surface area (TPSA) is 96.7 Å². The smallest absolute Gasteiger partial charge is 0.270 e. The fourth-order valence-corrected chi connectivity index (χ4v) is 3.39. The minimum absolute atomic E-state index is 0.0806. The number of rotatable bonds is 5. The quantitative estimate of drug-likeness (QED) is 0.415. The maximum Gasteiger partial charge on any atom is 0.270 e. The Hall–Kier alpha value is -3.26. The number of nitro groups is 1. The van der Waals surface area contributed by atoms with Crippen LogP contribution in [-0.2, 0) is 6.54 Å². The van der Waals surface area contributed by atoms with Crippen LogP contribution in [0.3, 0.4) is 0 Å². The van der Waals surface area contributed by atoms with Crippen molar-refractivity contribution >= 4 is 32.4 Å². The van der Waals surface area contributed by atoms with Gasteiger partial charge >= 0.3 is 0 Å². The van der Waals surface area contributed by atoms with Crippen molar-refractivity contribution in [3.63, 3.8) is 0 Å². The molecule has 8 heteroatoms. The number of fused-ring (bicyclic) bond motifs is 1. The first kappa shape index (κ1) is 15.3. The summed E-state index contributed by atoms with van der Waals surface area (Å²) in [6.45, 7) is 0.630. The second-order valence-electron chi connectivity index (χ2n) is 5.45.